The summed E-state index contributed by atoms with van der Waals surface area (Å²) in [5, 5.41) is 9.29. The number of rotatable bonds is 3. The number of carboxylic acid groups (broad SMARTS) is 1. The van der Waals surface area contributed by atoms with E-state index < -0.39 is 17.7 Å². The fraction of sp³-hybridized carbons (Fsp3) is 0.526. The van der Waals surface area contributed by atoms with Gasteiger partial charge in [-0.25, -0.2) is 4.39 Å². The van der Waals surface area contributed by atoms with Crippen molar-refractivity contribution in [1.82, 2.24) is 9.80 Å². The van der Waals surface area contributed by atoms with Crippen LogP contribution in [0.4, 0.5) is 4.39 Å². The summed E-state index contributed by atoms with van der Waals surface area (Å²) in [5.74, 6) is -2.31. The van der Waals surface area contributed by atoms with Crippen LogP contribution in [0.1, 0.15) is 36.0 Å². The van der Waals surface area contributed by atoms with E-state index in [1.54, 1.807) is 4.90 Å². The van der Waals surface area contributed by atoms with Crippen molar-refractivity contribution in [1.29, 1.82) is 0 Å². The van der Waals surface area contributed by atoms with Gasteiger partial charge in [-0.15, -0.1) is 0 Å². The first-order chi connectivity index (χ1) is 12.9. The minimum atomic E-state index is -0.789. The number of hydrogen-bond donors (Lipinski definition) is 1. The number of nitrogens with zero attached hydrogens (tertiary/aromatic N) is 2. The first-order valence-electron chi connectivity index (χ1n) is 9.12. The molecule has 8 heteroatoms. The number of carbonyl (C=O) groups is 3. The molecule has 6 nitrogen and oxygen atoms in total. The summed E-state index contributed by atoms with van der Waals surface area (Å²) in [4.78, 5) is 39.5. The molecule has 0 unspecified atom stereocenters. The maximum atomic E-state index is 14.0. The summed E-state index contributed by atoms with van der Waals surface area (Å²) in [6.07, 6.45) is 2.23. The molecule has 0 atom stereocenters. The topological polar surface area (TPSA) is 77.9 Å². The third-order valence-corrected chi connectivity index (χ3v) is 5.70. The zero-order valence-electron chi connectivity index (χ0n) is 14.9. The molecule has 1 aliphatic heterocycles. The largest absolute Gasteiger partial charge is 0.481 e. The maximum absolute atomic E-state index is 14.0. The predicted molar refractivity (Wildman–Crippen MR) is 97.0 cm³/mol. The number of benzene rings is 1. The molecule has 146 valence electrons. The summed E-state index contributed by atoms with van der Waals surface area (Å²) in [6, 6.07) is 3.96. The van der Waals surface area contributed by atoms with Crippen LogP contribution in [0.3, 0.4) is 0 Å². The summed E-state index contributed by atoms with van der Waals surface area (Å²) in [7, 11) is 0. The third-order valence-electron chi connectivity index (χ3n) is 5.47. The quantitative estimate of drug-likeness (QED) is 0.852. The molecule has 1 aliphatic carbocycles. The number of carbonyl (C=O) groups excluding carboxylic acids is 2. The molecule has 27 heavy (non-hydrogen) atoms. The van der Waals surface area contributed by atoms with Gasteiger partial charge in [0.1, 0.15) is 5.82 Å². The second-order valence-corrected chi connectivity index (χ2v) is 7.56. The molecule has 0 aromatic heterocycles. The Bertz CT molecular complexity index is 741. The number of piperazine rings is 1. The van der Waals surface area contributed by atoms with Crippen molar-refractivity contribution in [3.8, 4) is 0 Å². The first-order valence-corrected chi connectivity index (χ1v) is 9.50. The molecule has 1 aromatic rings. The lowest BCUT2D eigenvalue weighted by molar-refractivity contribution is -0.146. The average Bonchev–Trinajstić information content (AvgIpc) is 2.67. The van der Waals surface area contributed by atoms with Gasteiger partial charge in [-0.2, -0.15) is 0 Å². The van der Waals surface area contributed by atoms with Crippen LogP contribution in [0.5, 0.6) is 0 Å². The van der Waals surface area contributed by atoms with Gasteiger partial charge in [0.15, 0.2) is 0 Å². The molecule has 2 amide bonds. The Morgan fingerprint density at radius 2 is 1.52 bits per heavy atom. The maximum Gasteiger partial charge on any atom is 0.306 e. The van der Waals surface area contributed by atoms with Crippen LogP contribution < -0.4 is 0 Å². The van der Waals surface area contributed by atoms with Crippen molar-refractivity contribution in [2.75, 3.05) is 26.2 Å². The molecular formula is C19H22ClFN2O4. The molecule has 2 fully saturated rings. The van der Waals surface area contributed by atoms with E-state index in [9.17, 15) is 18.8 Å². The molecule has 1 N–H and O–H groups in total. The molecule has 0 bridgehead atoms. The normalized spacial score (nSPS) is 23.2. The number of amides is 2. The highest BCUT2D eigenvalue weighted by Gasteiger charge is 2.34. The van der Waals surface area contributed by atoms with Crippen LogP contribution in [-0.4, -0.2) is 58.9 Å². The van der Waals surface area contributed by atoms with Gasteiger partial charge >= 0.3 is 5.97 Å². The molecule has 2 aliphatic rings. The van der Waals surface area contributed by atoms with Crippen molar-refractivity contribution >= 4 is 29.4 Å². The summed E-state index contributed by atoms with van der Waals surface area (Å²) in [5.41, 5.74) is -0.0221. The van der Waals surface area contributed by atoms with Crippen molar-refractivity contribution in [2.24, 2.45) is 11.8 Å². The van der Waals surface area contributed by atoms with Crippen LogP contribution in [0.25, 0.3) is 0 Å². The Kier molecular flexibility index (Phi) is 5.99. The first kappa shape index (κ1) is 19.6. The predicted octanol–water partition coefficient (Wildman–Crippen LogP) is 2.65. The standard InChI is InChI=1S/C19H22ClFN2O4/c20-14-5-6-15(16(21)11-14)18(25)23-9-7-22(8-10-23)17(24)12-1-3-13(4-2-12)19(26)27/h5-6,11-13H,1-4,7-10H2,(H,26,27). The van der Waals surface area contributed by atoms with Gasteiger partial charge in [-0.3, -0.25) is 14.4 Å². The number of halogens is 2. The van der Waals surface area contributed by atoms with Gasteiger partial charge in [0, 0.05) is 37.1 Å². The highest BCUT2D eigenvalue weighted by Crippen LogP contribution is 2.30. The smallest absolute Gasteiger partial charge is 0.306 e. The zero-order chi connectivity index (χ0) is 19.6. The van der Waals surface area contributed by atoms with Crippen LogP contribution in [0, 0.1) is 17.7 Å². The zero-order valence-corrected chi connectivity index (χ0v) is 15.6. The average molecular weight is 397 g/mol. The second kappa shape index (κ2) is 8.25. The van der Waals surface area contributed by atoms with Gasteiger partial charge in [0.2, 0.25) is 5.91 Å². The summed E-state index contributed by atoms with van der Waals surface area (Å²) >= 11 is 5.72. The van der Waals surface area contributed by atoms with Crippen LogP contribution >= 0.6 is 11.6 Å². The second-order valence-electron chi connectivity index (χ2n) is 7.13. The van der Waals surface area contributed by atoms with Crippen molar-refractivity contribution in [3.05, 3.63) is 34.6 Å². The molecule has 1 saturated heterocycles. The van der Waals surface area contributed by atoms with Crippen molar-refractivity contribution < 1.29 is 23.9 Å². The van der Waals surface area contributed by atoms with Gasteiger partial charge < -0.3 is 14.9 Å². The van der Waals surface area contributed by atoms with Crippen LogP contribution in [0.15, 0.2) is 18.2 Å². The van der Waals surface area contributed by atoms with E-state index in [1.807, 2.05) is 0 Å². The SMILES string of the molecule is O=C(O)C1CCC(C(=O)N2CCN(C(=O)c3ccc(Cl)cc3F)CC2)CC1. The van der Waals surface area contributed by atoms with Crippen molar-refractivity contribution in [2.45, 2.75) is 25.7 Å². The van der Waals surface area contributed by atoms with E-state index in [2.05, 4.69) is 0 Å². The minimum Gasteiger partial charge on any atom is -0.481 e. The summed E-state index contributed by atoms with van der Waals surface area (Å²) in [6.45, 7) is 1.49. The van der Waals surface area contributed by atoms with Gasteiger partial charge in [0.25, 0.3) is 5.91 Å². The van der Waals surface area contributed by atoms with Gasteiger partial charge in [0.05, 0.1) is 11.5 Å². The lowest BCUT2D eigenvalue weighted by Gasteiger charge is -2.37. The van der Waals surface area contributed by atoms with Crippen LogP contribution in [0.2, 0.25) is 5.02 Å². The lowest BCUT2D eigenvalue weighted by atomic mass is 9.81. The fourth-order valence-electron chi connectivity index (χ4n) is 3.81. The van der Waals surface area contributed by atoms with E-state index in [-0.39, 0.29) is 28.3 Å². The van der Waals surface area contributed by atoms with E-state index in [1.165, 1.54) is 17.0 Å². The molecule has 1 heterocycles. The van der Waals surface area contributed by atoms with Gasteiger partial charge in [-0.1, -0.05) is 11.6 Å². The fourth-order valence-corrected chi connectivity index (χ4v) is 3.97. The molecule has 0 spiro atoms. The number of hydrogen-bond acceptors (Lipinski definition) is 3. The Balaban J connectivity index is 1.53. The number of carboxylic acids is 1. The van der Waals surface area contributed by atoms with Crippen LogP contribution in [-0.2, 0) is 9.59 Å². The van der Waals surface area contributed by atoms with E-state index in [0.717, 1.165) is 6.07 Å². The van der Waals surface area contributed by atoms with E-state index in [4.69, 9.17) is 16.7 Å². The van der Waals surface area contributed by atoms with Gasteiger partial charge in [-0.05, 0) is 43.9 Å². The highest BCUT2D eigenvalue weighted by atomic mass is 35.5. The monoisotopic (exact) mass is 396 g/mol. The molecule has 1 saturated carbocycles. The van der Waals surface area contributed by atoms with Crippen molar-refractivity contribution in [3.63, 3.8) is 0 Å². The Hall–Kier alpha value is -2.15. The van der Waals surface area contributed by atoms with E-state index in [0.29, 0.717) is 51.9 Å². The third kappa shape index (κ3) is 4.40. The molecule has 0 radical (unpaired) electrons. The lowest BCUT2D eigenvalue weighted by Crippen LogP contribution is -2.52. The Morgan fingerprint density at radius 3 is 2.07 bits per heavy atom. The number of aliphatic carboxylic acids is 1. The Morgan fingerprint density at radius 1 is 0.963 bits per heavy atom. The Labute approximate surface area is 161 Å². The highest BCUT2D eigenvalue weighted by molar-refractivity contribution is 6.30. The van der Waals surface area contributed by atoms with E-state index >= 15 is 0 Å². The summed E-state index contributed by atoms with van der Waals surface area (Å²) < 4.78 is 14.0. The molecular weight excluding hydrogens is 375 g/mol. The minimum absolute atomic E-state index is 0.0221. The molecule has 3 rings (SSSR count). The molecule has 1 aromatic carbocycles.